The molecule has 2 atom stereocenters. The van der Waals surface area contributed by atoms with Crippen molar-refractivity contribution in [2.75, 3.05) is 0 Å². The zero-order chi connectivity index (χ0) is 9.47. The van der Waals surface area contributed by atoms with Crippen molar-refractivity contribution >= 4 is 0 Å². The molecule has 1 aliphatic carbocycles. The Bertz CT molecular complexity index is 266. The Kier molecular flexibility index (Phi) is 1.98. The smallest absolute Gasteiger partial charge is 0.107 e. The van der Waals surface area contributed by atoms with E-state index in [2.05, 4.69) is 26.8 Å². The molecule has 2 rings (SSSR count). The molecule has 1 heterocycles. The van der Waals surface area contributed by atoms with Crippen molar-refractivity contribution in [2.45, 2.75) is 39.5 Å². The molecule has 1 fully saturated rings. The normalized spacial score (nSPS) is 28.5. The molecule has 1 heteroatoms. The van der Waals surface area contributed by atoms with E-state index >= 15 is 0 Å². The quantitative estimate of drug-likeness (QED) is 0.637. The molecule has 1 aromatic heterocycles. The SMILES string of the molecule is CC(C)(C)C1CCC1c1ccco1. The van der Waals surface area contributed by atoms with E-state index in [1.54, 1.807) is 6.26 Å². The molecule has 72 valence electrons. The van der Waals surface area contributed by atoms with Crippen LogP contribution < -0.4 is 0 Å². The van der Waals surface area contributed by atoms with Crippen LogP contribution in [0.5, 0.6) is 0 Å². The third-order valence-corrected chi connectivity index (χ3v) is 3.30. The van der Waals surface area contributed by atoms with Crippen LogP contribution in [0.1, 0.15) is 45.3 Å². The molecule has 0 radical (unpaired) electrons. The van der Waals surface area contributed by atoms with Gasteiger partial charge < -0.3 is 4.42 Å². The van der Waals surface area contributed by atoms with E-state index in [0.717, 1.165) is 5.92 Å². The Morgan fingerprint density at radius 1 is 1.31 bits per heavy atom. The largest absolute Gasteiger partial charge is 0.469 e. The van der Waals surface area contributed by atoms with Crippen LogP contribution >= 0.6 is 0 Å². The Hall–Kier alpha value is -0.720. The molecule has 0 amide bonds. The van der Waals surface area contributed by atoms with Gasteiger partial charge in [0.25, 0.3) is 0 Å². The van der Waals surface area contributed by atoms with Crippen molar-refractivity contribution in [2.24, 2.45) is 11.3 Å². The van der Waals surface area contributed by atoms with Gasteiger partial charge in [-0.3, -0.25) is 0 Å². The van der Waals surface area contributed by atoms with Gasteiger partial charge in [0, 0.05) is 5.92 Å². The van der Waals surface area contributed by atoms with E-state index in [4.69, 9.17) is 4.42 Å². The van der Waals surface area contributed by atoms with E-state index in [-0.39, 0.29) is 0 Å². The van der Waals surface area contributed by atoms with Crippen LogP contribution in [0.4, 0.5) is 0 Å². The average Bonchev–Trinajstić information content (AvgIpc) is 2.32. The molecular formula is C12H18O. The van der Waals surface area contributed by atoms with Gasteiger partial charge in [-0.25, -0.2) is 0 Å². The van der Waals surface area contributed by atoms with Crippen LogP contribution in [-0.2, 0) is 0 Å². The first-order valence-electron chi connectivity index (χ1n) is 5.12. The van der Waals surface area contributed by atoms with Gasteiger partial charge in [0.05, 0.1) is 6.26 Å². The van der Waals surface area contributed by atoms with Crippen molar-refractivity contribution in [3.8, 4) is 0 Å². The molecule has 0 aliphatic heterocycles. The van der Waals surface area contributed by atoms with Crippen LogP contribution in [0.2, 0.25) is 0 Å². The molecule has 1 saturated carbocycles. The molecule has 13 heavy (non-hydrogen) atoms. The van der Waals surface area contributed by atoms with E-state index < -0.39 is 0 Å². The molecule has 0 aromatic carbocycles. The maximum absolute atomic E-state index is 5.46. The highest BCUT2D eigenvalue weighted by molar-refractivity contribution is 5.12. The summed E-state index contributed by atoms with van der Waals surface area (Å²) >= 11 is 0. The monoisotopic (exact) mass is 178 g/mol. The summed E-state index contributed by atoms with van der Waals surface area (Å²) in [5.74, 6) is 2.67. The molecule has 0 bridgehead atoms. The van der Waals surface area contributed by atoms with Gasteiger partial charge in [-0.05, 0) is 36.3 Å². The fraction of sp³-hybridized carbons (Fsp3) is 0.667. The predicted molar refractivity (Wildman–Crippen MR) is 53.6 cm³/mol. The Morgan fingerprint density at radius 3 is 2.46 bits per heavy atom. The summed E-state index contributed by atoms with van der Waals surface area (Å²) in [6.45, 7) is 6.98. The summed E-state index contributed by atoms with van der Waals surface area (Å²) in [5, 5.41) is 0. The van der Waals surface area contributed by atoms with Gasteiger partial charge in [0.1, 0.15) is 5.76 Å². The summed E-state index contributed by atoms with van der Waals surface area (Å²) in [6.07, 6.45) is 4.44. The third-order valence-electron chi connectivity index (χ3n) is 3.30. The zero-order valence-electron chi connectivity index (χ0n) is 8.71. The van der Waals surface area contributed by atoms with E-state index in [9.17, 15) is 0 Å². The minimum Gasteiger partial charge on any atom is -0.469 e. The fourth-order valence-corrected chi connectivity index (χ4v) is 2.38. The van der Waals surface area contributed by atoms with Gasteiger partial charge in [-0.2, -0.15) is 0 Å². The average molecular weight is 178 g/mol. The van der Waals surface area contributed by atoms with E-state index in [1.165, 1.54) is 18.6 Å². The van der Waals surface area contributed by atoms with Crippen molar-refractivity contribution in [1.29, 1.82) is 0 Å². The summed E-state index contributed by atoms with van der Waals surface area (Å²) in [7, 11) is 0. The summed E-state index contributed by atoms with van der Waals surface area (Å²) in [6, 6.07) is 4.11. The lowest BCUT2D eigenvalue weighted by Crippen LogP contribution is -2.34. The van der Waals surface area contributed by atoms with Crippen LogP contribution in [0, 0.1) is 11.3 Å². The highest BCUT2D eigenvalue weighted by Crippen LogP contribution is 2.51. The molecular weight excluding hydrogens is 160 g/mol. The Labute approximate surface area is 80.1 Å². The second kappa shape index (κ2) is 2.90. The Morgan fingerprint density at radius 2 is 2.08 bits per heavy atom. The summed E-state index contributed by atoms with van der Waals surface area (Å²) < 4.78 is 5.46. The number of rotatable bonds is 1. The summed E-state index contributed by atoms with van der Waals surface area (Å²) in [5.41, 5.74) is 0.426. The maximum Gasteiger partial charge on any atom is 0.107 e. The van der Waals surface area contributed by atoms with Gasteiger partial charge in [0.2, 0.25) is 0 Å². The molecule has 1 aromatic rings. The van der Waals surface area contributed by atoms with Gasteiger partial charge in [0.15, 0.2) is 0 Å². The van der Waals surface area contributed by atoms with Crippen LogP contribution in [0.3, 0.4) is 0 Å². The van der Waals surface area contributed by atoms with Gasteiger partial charge in [-0.15, -0.1) is 0 Å². The first-order valence-corrected chi connectivity index (χ1v) is 5.12. The zero-order valence-corrected chi connectivity index (χ0v) is 8.71. The molecule has 2 unspecified atom stereocenters. The van der Waals surface area contributed by atoms with Gasteiger partial charge in [-0.1, -0.05) is 20.8 Å². The molecule has 0 saturated heterocycles. The van der Waals surface area contributed by atoms with E-state index in [1.807, 2.05) is 6.07 Å². The predicted octanol–water partition coefficient (Wildman–Crippen LogP) is 3.82. The third kappa shape index (κ3) is 1.52. The standard InChI is InChI=1S/C12H18O/c1-12(2,3)10-7-6-9(10)11-5-4-8-13-11/h4-5,8-10H,6-7H2,1-3H3. The lowest BCUT2D eigenvalue weighted by atomic mass is 9.61. The van der Waals surface area contributed by atoms with Gasteiger partial charge >= 0.3 is 0 Å². The number of furan rings is 1. The first kappa shape index (κ1) is 8.86. The van der Waals surface area contributed by atoms with Crippen LogP contribution in [-0.4, -0.2) is 0 Å². The minimum absolute atomic E-state index is 0.426. The molecule has 1 aliphatic rings. The first-order chi connectivity index (χ1) is 6.09. The van der Waals surface area contributed by atoms with Crippen molar-refractivity contribution in [1.82, 2.24) is 0 Å². The molecule has 0 spiro atoms. The number of hydrogen-bond donors (Lipinski definition) is 0. The topological polar surface area (TPSA) is 13.1 Å². The van der Waals surface area contributed by atoms with Crippen molar-refractivity contribution in [3.63, 3.8) is 0 Å². The van der Waals surface area contributed by atoms with Crippen molar-refractivity contribution in [3.05, 3.63) is 24.2 Å². The highest BCUT2D eigenvalue weighted by atomic mass is 16.3. The fourth-order valence-electron chi connectivity index (χ4n) is 2.38. The number of hydrogen-bond acceptors (Lipinski definition) is 1. The second-order valence-electron chi connectivity index (χ2n) is 5.17. The second-order valence-corrected chi connectivity index (χ2v) is 5.17. The summed E-state index contributed by atoms with van der Waals surface area (Å²) in [4.78, 5) is 0. The highest BCUT2D eigenvalue weighted by Gasteiger charge is 2.41. The van der Waals surface area contributed by atoms with Crippen molar-refractivity contribution < 1.29 is 4.42 Å². The Balaban J connectivity index is 2.12. The molecule has 1 nitrogen and oxygen atoms in total. The lowest BCUT2D eigenvalue weighted by Gasteiger charge is -2.44. The van der Waals surface area contributed by atoms with Crippen LogP contribution in [0.25, 0.3) is 0 Å². The minimum atomic E-state index is 0.426. The van der Waals surface area contributed by atoms with Crippen LogP contribution in [0.15, 0.2) is 22.8 Å². The van der Waals surface area contributed by atoms with E-state index in [0.29, 0.717) is 11.3 Å². The lowest BCUT2D eigenvalue weighted by molar-refractivity contribution is 0.0925. The maximum atomic E-state index is 5.46. The molecule has 0 N–H and O–H groups in total.